The molecule has 1 aromatic heterocycles. The van der Waals surface area contributed by atoms with E-state index in [0.717, 1.165) is 6.42 Å². The van der Waals surface area contributed by atoms with E-state index in [-0.39, 0.29) is 6.61 Å². The Morgan fingerprint density at radius 1 is 1.40 bits per heavy atom. The number of nitrogens with zero attached hydrogens (tertiary/aromatic N) is 1. The number of rotatable bonds is 6. The first-order valence-electron chi connectivity index (χ1n) is 5.55. The van der Waals surface area contributed by atoms with Crippen LogP contribution in [0.3, 0.4) is 0 Å². The summed E-state index contributed by atoms with van der Waals surface area (Å²) in [5, 5.41) is 9.04. The molecule has 0 amide bonds. The summed E-state index contributed by atoms with van der Waals surface area (Å²) in [6.45, 7) is 2.46. The average molecular weight is 227 g/mol. The van der Waals surface area contributed by atoms with E-state index in [0.29, 0.717) is 6.04 Å². The lowest BCUT2D eigenvalue weighted by molar-refractivity contribution is 0.213. The maximum Gasteiger partial charge on any atom is 0.0457 e. The predicted molar refractivity (Wildman–Crippen MR) is 66.4 cm³/mol. The average Bonchev–Trinajstić information content (AvgIpc) is 2.62. The van der Waals surface area contributed by atoms with Gasteiger partial charge < -0.3 is 10.0 Å². The molecule has 3 heteroatoms. The van der Waals surface area contributed by atoms with Crippen molar-refractivity contribution in [2.45, 2.75) is 32.2 Å². The summed E-state index contributed by atoms with van der Waals surface area (Å²) in [6.07, 6.45) is 3.19. The second kappa shape index (κ2) is 6.26. The molecule has 1 aromatic rings. The smallest absolute Gasteiger partial charge is 0.0457 e. The van der Waals surface area contributed by atoms with E-state index in [1.807, 2.05) is 11.3 Å². The number of aryl methyl sites for hydroxylation is 1. The zero-order valence-corrected chi connectivity index (χ0v) is 10.7. The van der Waals surface area contributed by atoms with Crippen LogP contribution in [-0.4, -0.2) is 30.7 Å². The maximum atomic E-state index is 9.04. The van der Waals surface area contributed by atoms with Crippen LogP contribution >= 0.6 is 11.3 Å². The summed E-state index contributed by atoms with van der Waals surface area (Å²) >= 11 is 1.88. The van der Waals surface area contributed by atoms with E-state index in [4.69, 9.17) is 5.11 Å². The van der Waals surface area contributed by atoms with Crippen molar-refractivity contribution in [2.75, 3.05) is 20.7 Å². The van der Waals surface area contributed by atoms with Gasteiger partial charge in [-0.1, -0.05) is 13.3 Å². The molecular formula is C12H21NOS. The van der Waals surface area contributed by atoms with E-state index in [2.05, 4.69) is 38.1 Å². The number of aliphatic hydroxyl groups is 1. The molecule has 86 valence electrons. The second-order valence-corrected chi connectivity index (χ2v) is 5.25. The second-order valence-electron chi connectivity index (χ2n) is 4.05. The lowest BCUT2D eigenvalue weighted by Gasteiger charge is -2.22. The van der Waals surface area contributed by atoms with Gasteiger partial charge in [-0.2, -0.15) is 0 Å². The molecular weight excluding hydrogens is 206 g/mol. The highest BCUT2D eigenvalue weighted by Gasteiger charge is 2.15. The molecule has 1 atom stereocenters. The van der Waals surface area contributed by atoms with Crippen molar-refractivity contribution in [1.29, 1.82) is 0 Å². The summed E-state index contributed by atoms with van der Waals surface area (Å²) in [5.74, 6) is 0. The highest BCUT2D eigenvalue weighted by Crippen LogP contribution is 2.29. The van der Waals surface area contributed by atoms with Crippen LogP contribution in [0.4, 0.5) is 0 Å². The molecule has 0 bridgehead atoms. The van der Waals surface area contributed by atoms with Crippen LogP contribution in [0.2, 0.25) is 0 Å². The van der Waals surface area contributed by atoms with E-state index in [9.17, 15) is 0 Å². The van der Waals surface area contributed by atoms with Crippen LogP contribution in [0.25, 0.3) is 0 Å². The van der Waals surface area contributed by atoms with Crippen molar-refractivity contribution >= 4 is 11.3 Å². The fourth-order valence-electron chi connectivity index (χ4n) is 1.73. The Labute approximate surface area is 96.5 Å². The van der Waals surface area contributed by atoms with E-state index in [1.165, 1.54) is 22.6 Å². The Morgan fingerprint density at radius 2 is 2.13 bits per heavy atom. The van der Waals surface area contributed by atoms with Crippen LogP contribution in [0.15, 0.2) is 12.1 Å². The Bertz CT molecular complexity index is 283. The first-order chi connectivity index (χ1) is 7.19. The molecule has 0 spiro atoms. The Hall–Kier alpha value is -0.380. The predicted octanol–water partition coefficient (Wildman–Crippen LogP) is 2.69. The SMILES string of the molecule is CCCc1ccc(C(CCO)N(C)C)s1. The Kier molecular flexibility index (Phi) is 5.29. The van der Waals surface area contributed by atoms with Gasteiger partial charge in [-0.25, -0.2) is 0 Å². The molecule has 0 fully saturated rings. The monoisotopic (exact) mass is 227 g/mol. The molecule has 0 aromatic carbocycles. The first-order valence-corrected chi connectivity index (χ1v) is 6.36. The zero-order chi connectivity index (χ0) is 11.3. The highest BCUT2D eigenvalue weighted by atomic mass is 32.1. The van der Waals surface area contributed by atoms with Crippen LogP contribution in [0, 0.1) is 0 Å². The number of hydrogen-bond donors (Lipinski definition) is 1. The van der Waals surface area contributed by atoms with Crippen molar-refractivity contribution in [3.05, 3.63) is 21.9 Å². The van der Waals surface area contributed by atoms with Crippen molar-refractivity contribution in [2.24, 2.45) is 0 Å². The van der Waals surface area contributed by atoms with Gasteiger partial charge >= 0.3 is 0 Å². The summed E-state index contributed by atoms with van der Waals surface area (Å²) in [6, 6.07) is 4.79. The van der Waals surface area contributed by atoms with Gasteiger partial charge in [-0.05, 0) is 39.1 Å². The molecule has 15 heavy (non-hydrogen) atoms. The normalized spacial score (nSPS) is 13.4. The van der Waals surface area contributed by atoms with Gasteiger partial charge in [-0.15, -0.1) is 11.3 Å². The van der Waals surface area contributed by atoms with Crippen molar-refractivity contribution < 1.29 is 5.11 Å². The maximum absolute atomic E-state index is 9.04. The molecule has 0 saturated heterocycles. The molecule has 1 unspecified atom stereocenters. The van der Waals surface area contributed by atoms with Crippen LogP contribution in [0.5, 0.6) is 0 Å². The minimum absolute atomic E-state index is 0.254. The third kappa shape index (κ3) is 3.59. The minimum atomic E-state index is 0.254. The van der Waals surface area contributed by atoms with Crippen molar-refractivity contribution in [3.63, 3.8) is 0 Å². The largest absolute Gasteiger partial charge is 0.396 e. The van der Waals surface area contributed by atoms with Crippen LogP contribution < -0.4 is 0 Å². The van der Waals surface area contributed by atoms with Gasteiger partial charge in [0, 0.05) is 22.4 Å². The summed E-state index contributed by atoms with van der Waals surface area (Å²) in [4.78, 5) is 5.01. The molecule has 0 aliphatic rings. The molecule has 0 radical (unpaired) electrons. The fourth-order valence-corrected chi connectivity index (χ4v) is 3.08. The molecule has 0 saturated carbocycles. The summed E-state index contributed by atoms with van der Waals surface area (Å²) < 4.78 is 0. The summed E-state index contributed by atoms with van der Waals surface area (Å²) in [5.41, 5.74) is 0. The lowest BCUT2D eigenvalue weighted by atomic mass is 10.1. The molecule has 0 aliphatic heterocycles. The number of hydrogen-bond acceptors (Lipinski definition) is 3. The number of thiophene rings is 1. The Morgan fingerprint density at radius 3 is 2.67 bits per heavy atom. The van der Waals surface area contributed by atoms with Gasteiger partial charge in [-0.3, -0.25) is 0 Å². The third-order valence-corrected chi connectivity index (χ3v) is 3.78. The van der Waals surface area contributed by atoms with E-state index in [1.54, 1.807) is 0 Å². The molecule has 1 rings (SSSR count). The van der Waals surface area contributed by atoms with Gasteiger partial charge in [0.05, 0.1) is 0 Å². The zero-order valence-electron chi connectivity index (χ0n) is 9.86. The third-order valence-electron chi connectivity index (χ3n) is 2.53. The molecule has 1 heterocycles. The van der Waals surface area contributed by atoms with Gasteiger partial charge in [0.1, 0.15) is 0 Å². The number of aliphatic hydroxyl groups excluding tert-OH is 1. The lowest BCUT2D eigenvalue weighted by Crippen LogP contribution is -2.19. The fraction of sp³-hybridized carbons (Fsp3) is 0.667. The van der Waals surface area contributed by atoms with Crippen molar-refractivity contribution in [1.82, 2.24) is 4.90 Å². The summed E-state index contributed by atoms with van der Waals surface area (Å²) in [7, 11) is 4.14. The van der Waals surface area contributed by atoms with Crippen LogP contribution in [-0.2, 0) is 6.42 Å². The van der Waals surface area contributed by atoms with E-state index < -0.39 is 0 Å². The standard InChI is InChI=1S/C12H21NOS/c1-4-5-10-6-7-12(15-10)11(8-9-14)13(2)3/h6-7,11,14H,4-5,8-9H2,1-3H3. The molecule has 2 nitrogen and oxygen atoms in total. The van der Waals surface area contributed by atoms with Gasteiger partial charge in [0.15, 0.2) is 0 Å². The van der Waals surface area contributed by atoms with E-state index >= 15 is 0 Å². The minimum Gasteiger partial charge on any atom is -0.396 e. The van der Waals surface area contributed by atoms with Gasteiger partial charge in [0.2, 0.25) is 0 Å². The van der Waals surface area contributed by atoms with Crippen molar-refractivity contribution in [3.8, 4) is 0 Å². The Balaban J connectivity index is 2.72. The highest BCUT2D eigenvalue weighted by molar-refractivity contribution is 7.12. The topological polar surface area (TPSA) is 23.5 Å². The quantitative estimate of drug-likeness (QED) is 0.807. The van der Waals surface area contributed by atoms with Crippen LogP contribution in [0.1, 0.15) is 35.6 Å². The molecule has 0 aliphatic carbocycles. The first kappa shape index (κ1) is 12.7. The molecule has 1 N–H and O–H groups in total. The van der Waals surface area contributed by atoms with Gasteiger partial charge in [0.25, 0.3) is 0 Å².